The number of carboxylic acids is 2. The molecule has 1 aliphatic rings. The summed E-state index contributed by atoms with van der Waals surface area (Å²) in [5.74, 6) is -3.50. The minimum atomic E-state index is -1.82. The van der Waals surface area contributed by atoms with E-state index in [-0.39, 0.29) is 5.92 Å². The maximum absolute atomic E-state index is 12.0. The first kappa shape index (κ1) is 25.0. The van der Waals surface area contributed by atoms with Gasteiger partial charge in [-0.15, -0.1) is 0 Å². The lowest BCUT2D eigenvalue weighted by Gasteiger charge is -2.37. The molecule has 31 heavy (non-hydrogen) atoms. The molecule has 0 unspecified atom stereocenters. The number of aliphatic carboxylic acids is 2. The molecule has 0 spiro atoms. The van der Waals surface area contributed by atoms with Crippen LogP contribution in [0, 0.1) is 0 Å². The Hall–Kier alpha value is -2.22. The molecule has 0 heterocycles. The highest BCUT2D eigenvalue weighted by Crippen LogP contribution is 2.47. The molecule has 168 valence electrons. The minimum absolute atomic E-state index is 0.145. The van der Waals surface area contributed by atoms with E-state index in [1.807, 2.05) is 0 Å². The summed E-state index contributed by atoms with van der Waals surface area (Å²) in [4.78, 5) is 20.4. The van der Waals surface area contributed by atoms with E-state index in [0.29, 0.717) is 0 Å². The van der Waals surface area contributed by atoms with Crippen molar-refractivity contribution in [1.29, 1.82) is 0 Å². The number of halogens is 1. The Morgan fingerprint density at radius 1 is 1.06 bits per heavy atom. The molecule has 2 atom stereocenters. The van der Waals surface area contributed by atoms with Gasteiger partial charge in [-0.2, -0.15) is 0 Å². The molecule has 0 saturated carbocycles. The maximum atomic E-state index is 12.0. The third kappa shape index (κ3) is 6.89. The predicted octanol–water partition coefficient (Wildman–Crippen LogP) is 4.25. The second kappa shape index (κ2) is 11.4. The van der Waals surface area contributed by atoms with Gasteiger partial charge in [-0.25, -0.2) is 9.59 Å². The summed E-state index contributed by atoms with van der Waals surface area (Å²) >= 11 is 3.53. The first-order valence-corrected chi connectivity index (χ1v) is 11.1. The monoisotopic (exact) mass is 491 g/mol. The standard InChI is InChI=1S/C22H28BrNO.C2H2O4/c1-24(2)16-6-15-22(25)20-9-4-3-7-17(20)8-5-10-21(22)18-11-13-19(23)14-12-18;3-1(4)2(5)6/h3-4,7,9,11-14,21,25H,5-6,8,10,15-16H2,1-2H3;(H,3,4)(H,5,6)/t21-,22+;/m1./s1. The molecular formula is C24H30BrNO5. The number of carboxylic acid groups (broad SMARTS) is 2. The Morgan fingerprint density at radius 3 is 2.26 bits per heavy atom. The van der Waals surface area contributed by atoms with Gasteiger partial charge in [0.05, 0.1) is 5.60 Å². The van der Waals surface area contributed by atoms with E-state index in [9.17, 15) is 5.11 Å². The van der Waals surface area contributed by atoms with Crippen molar-refractivity contribution in [3.05, 3.63) is 69.7 Å². The molecule has 7 heteroatoms. The Morgan fingerprint density at radius 2 is 1.68 bits per heavy atom. The second-order valence-electron chi connectivity index (χ2n) is 8.09. The van der Waals surface area contributed by atoms with Gasteiger partial charge in [0.25, 0.3) is 0 Å². The van der Waals surface area contributed by atoms with Crippen molar-refractivity contribution in [1.82, 2.24) is 4.90 Å². The van der Waals surface area contributed by atoms with E-state index in [4.69, 9.17) is 19.8 Å². The molecule has 2 aromatic carbocycles. The molecule has 0 amide bonds. The zero-order valence-electron chi connectivity index (χ0n) is 17.9. The number of carbonyl (C=O) groups is 2. The number of benzene rings is 2. The van der Waals surface area contributed by atoms with E-state index in [2.05, 4.69) is 83.5 Å². The molecule has 0 radical (unpaired) electrons. The highest BCUT2D eigenvalue weighted by Gasteiger charge is 2.41. The van der Waals surface area contributed by atoms with Gasteiger partial charge in [-0.1, -0.05) is 52.3 Å². The summed E-state index contributed by atoms with van der Waals surface area (Å²) in [7, 11) is 4.19. The Bertz CT molecular complexity index is 872. The SMILES string of the molecule is CN(C)CCC[C@]1(O)c2ccccc2CCC[C@@H]1c1ccc(Br)cc1.O=C(O)C(=O)O. The molecule has 0 aromatic heterocycles. The molecule has 2 aromatic rings. The summed E-state index contributed by atoms with van der Waals surface area (Å²) in [6.45, 7) is 0.998. The molecule has 3 N–H and O–H groups in total. The van der Waals surface area contributed by atoms with Crippen LogP contribution in [0.2, 0.25) is 0 Å². The minimum Gasteiger partial charge on any atom is -0.473 e. The van der Waals surface area contributed by atoms with Crippen molar-refractivity contribution >= 4 is 27.9 Å². The molecule has 0 saturated heterocycles. The summed E-state index contributed by atoms with van der Waals surface area (Å²) in [6, 6.07) is 17.0. The second-order valence-corrected chi connectivity index (χ2v) is 9.01. The topological polar surface area (TPSA) is 98.1 Å². The summed E-state index contributed by atoms with van der Waals surface area (Å²) < 4.78 is 1.08. The normalized spacial score (nSPS) is 20.2. The van der Waals surface area contributed by atoms with Crippen LogP contribution in [0.25, 0.3) is 0 Å². The summed E-state index contributed by atoms with van der Waals surface area (Å²) in [6.07, 6.45) is 4.98. The van der Waals surface area contributed by atoms with Gasteiger partial charge in [0.1, 0.15) is 0 Å². The van der Waals surface area contributed by atoms with Crippen LogP contribution in [0.3, 0.4) is 0 Å². The average Bonchev–Trinajstić information content (AvgIpc) is 2.86. The highest BCUT2D eigenvalue weighted by atomic mass is 79.9. The highest BCUT2D eigenvalue weighted by molar-refractivity contribution is 9.10. The van der Waals surface area contributed by atoms with Crippen molar-refractivity contribution in [3.8, 4) is 0 Å². The fourth-order valence-electron chi connectivity index (χ4n) is 4.19. The first-order valence-electron chi connectivity index (χ1n) is 10.3. The van der Waals surface area contributed by atoms with Crippen molar-refractivity contribution in [2.75, 3.05) is 20.6 Å². The maximum Gasteiger partial charge on any atom is 0.414 e. The number of nitrogens with zero attached hydrogens (tertiary/aromatic N) is 1. The van der Waals surface area contributed by atoms with Crippen LogP contribution in [0.15, 0.2) is 53.0 Å². The van der Waals surface area contributed by atoms with Gasteiger partial charge in [0.15, 0.2) is 0 Å². The number of rotatable bonds is 5. The average molecular weight is 492 g/mol. The molecular weight excluding hydrogens is 462 g/mol. The lowest BCUT2D eigenvalue weighted by Crippen LogP contribution is -2.34. The molecule has 0 bridgehead atoms. The number of hydrogen-bond donors (Lipinski definition) is 3. The number of aliphatic hydroxyl groups is 1. The van der Waals surface area contributed by atoms with Gasteiger partial charge < -0.3 is 20.2 Å². The third-order valence-electron chi connectivity index (χ3n) is 5.62. The molecule has 0 fully saturated rings. The first-order chi connectivity index (χ1) is 14.6. The van der Waals surface area contributed by atoms with Crippen LogP contribution in [0.5, 0.6) is 0 Å². The van der Waals surface area contributed by atoms with Gasteiger partial charge in [-0.3, -0.25) is 0 Å². The number of aryl methyl sites for hydroxylation is 1. The van der Waals surface area contributed by atoms with Crippen molar-refractivity contribution < 1.29 is 24.9 Å². The van der Waals surface area contributed by atoms with E-state index in [0.717, 1.165) is 48.7 Å². The Labute approximate surface area is 191 Å². The van der Waals surface area contributed by atoms with E-state index >= 15 is 0 Å². The van der Waals surface area contributed by atoms with Crippen molar-refractivity contribution in [2.24, 2.45) is 0 Å². The van der Waals surface area contributed by atoms with Gasteiger partial charge >= 0.3 is 11.9 Å². The zero-order valence-corrected chi connectivity index (χ0v) is 19.5. The van der Waals surface area contributed by atoms with E-state index in [1.54, 1.807) is 0 Å². The van der Waals surface area contributed by atoms with Crippen LogP contribution < -0.4 is 0 Å². The molecule has 3 rings (SSSR count). The van der Waals surface area contributed by atoms with Crippen LogP contribution in [-0.2, 0) is 21.6 Å². The van der Waals surface area contributed by atoms with Gasteiger partial charge in [0, 0.05) is 10.4 Å². The van der Waals surface area contributed by atoms with Gasteiger partial charge in [0.2, 0.25) is 0 Å². The molecule has 6 nitrogen and oxygen atoms in total. The van der Waals surface area contributed by atoms with Crippen molar-refractivity contribution in [2.45, 2.75) is 43.6 Å². The van der Waals surface area contributed by atoms with E-state index in [1.165, 1.54) is 11.1 Å². The summed E-state index contributed by atoms with van der Waals surface area (Å²) in [5.41, 5.74) is 2.90. The number of hydrogen-bond acceptors (Lipinski definition) is 4. The molecule has 0 aliphatic heterocycles. The third-order valence-corrected chi connectivity index (χ3v) is 6.15. The van der Waals surface area contributed by atoms with Gasteiger partial charge in [-0.05, 0) is 81.6 Å². The van der Waals surface area contributed by atoms with Crippen LogP contribution in [0.1, 0.15) is 48.3 Å². The summed E-state index contributed by atoms with van der Waals surface area (Å²) in [5, 5.41) is 26.8. The Balaban J connectivity index is 0.000000501. The number of fused-ring (bicyclic) bond motifs is 1. The predicted molar refractivity (Wildman–Crippen MR) is 123 cm³/mol. The van der Waals surface area contributed by atoms with Crippen LogP contribution in [-0.4, -0.2) is 52.8 Å². The van der Waals surface area contributed by atoms with Crippen LogP contribution in [0.4, 0.5) is 0 Å². The van der Waals surface area contributed by atoms with Crippen molar-refractivity contribution in [3.63, 3.8) is 0 Å². The fourth-order valence-corrected chi connectivity index (χ4v) is 4.46. The van der Waals surface area contributed by atoms with E-state index < -0.39 is 17.5 Å². The molecule has 1 aliphatic carbocycles. The smallest absolute Gasteiger partial charge is 0.414 e. The lowest BCUT2D eigenvalue weighted by molar-refractivity contribution is -0.159. The quantitative estimate of drug-likeness (QED) is 0.427. The largest absolute Gasteiger partial charge is 0.473 e. The Kier molecular flexibility index (Phi) is 9.22. The van der Waals surface area contributed by atoms with Crippen LogP contribution >= 0.6 is 15.9 Å². The lowest BCUT2D eigenvalue weighted by atomic mass is 9.73. The fraction of sp³-hybridized carbons (Fsp3) is 0.417. The zero-order chi connectivity index (χ0) is 23.0.